The van der Waals surface area contributed by atoms with Crippen molar-refractivity contribution in [2.45, 2.75) is 120 Å². The van der Waals surface area contributed by atoms with Crippen LogP contribution in [0.4, 0.5) is 0 Å². The quantitative estimate of drug-likeness (QED) is 0.363. The fourth-order valence-electron chi connectivity index (χ4n) is 11.3. The Morgan fingerprint density at radius 2 is 1.58 bits per heavy atom. The third kappa shape index (κ3) is 3.15. The van der Waals surface area contributed by atoms with Gasteiger partial charge in [0.15, 0.2) is 5.78 Å². The molecule has 0 N–H and O–H groups in total. The van der Waals surface area contributed by atoms with E-state index >= 15 is 0 Å². The summed E-state index contributed by atoms with van der Waals surface area (Å²) in [7, 11) is 0. The lowest BCUT2D eigenvalue weighted by Gasteiger charge is -2.72. The summed E-state index contributed by atoms with van der Waals surface area (Å²) in [5.74, 6) is 1.52. The topological polar surface area (TPSA) is 38.5 Å². The summed E-state index contributed by atoms with van der Waals surface area (Å²) in [5.41, 5.74) is 0.125. The maximum Gasteiger partial charge on any atom is 0.226 e. The highest BCUT2D eigenvalue weighted by molar-refractivity contribution is 6.02. The van der Waals surface area contributed by atoms with Crippen LogP contribution in [0.2, 0.25) is 0 Å². The van der Waals surface area contributed by atoms with Crippen LogP contribution in [0, 0.1) is 62.7 Å². The molecule has 0 aromatic heterocycles. The molecule has 3 nitrogen and oxygen atoms in total. The average Bonchev–Trinajstić information content (AvgIpc) is 2.79. The first-order valence-corrected chi connectivity index (χ1v) is 14.8. The first-order valence-electron chi connectivity index (χ1n) is 14.8. The van der Waals surface area contributed by atoms with Crippen LogP contribution in [0.25, 0.3) is 4.85 Å². The van der Waals surface area contributed by atoms with Crippen molar-refractivity contribution >= 4 is 11.6 Å². The lowest BCUT2D eigenvalue weighted by atomic mass is 9.31. The number of ketones is 2. The minimum absolute atomic E-state index is 0.00116. The zero-order valence-electron chi connectivity index (χ0n) is 24.2. The first kappa shape index (κ1) is 26.2. The molecule has 5 aliphatic carbocycles. The van der Waals surface area contributed by atoms with Gasteiger partial charge in [-0.2, -0.15) is 0 Å². The number of carbonyl (C=O) groups excluding carboxylic acids is 2. The second-order valence-corrected chi connectivity index (χ2v) is 15.8. The van der Waals surface area contributed by atoms with Crippen LogP contribution >= 0.6 is 0 Å². The van der Waals surface area contributed by atoms with E-state index in [1.54, 1.807) is 0 Å². The molecule has 5 aliphatic rings. The van der Waals surface area contributed by atoms with Gasteiger partial charge in [-0.05, 0) is 96.2 Å². The number of hydrogen-bond donors (Lipinski definition) is 0. The van der Waals surface area contributed by atoms with Gasteiger partial charge in [-0.3, -0.25) is 4.79 Å². The number of fused-ring (bicyclic) bond motifs is 7. The standard InChI is InChI=1S/C33H49NO2/c1-10-12-33-16-14-28(2,3)19-21(33)26-23(35)18-25-30(6)20-22(34-9)27(36)29(4,5)24(30)11-13-31(25,7)32(26,8)15-17-33/h20-21,24-26H,10-19H2,1-8H3/t21-,24-,25+,26-,30-,31+,32+,33+/m0/s1. The van der Waals surface area contributed by atoms with Gasteiger partial charge in [0.05, 0.1) is 6.57 Å². The molecule has 5 rings (SSSR count). The number of rotatable bonds is 2. The molecule has 0 spiro atoms. The lowest BCUT2D eigenvalue weighted by Crippen LogP contribution is -2.68. The molecular weight excluding hydrogens is 442 g/mol. The summed E-state index contributed by atoms with van der Waals surface area (Å²) in [5, 5.41) is 0. The number of carbonyl (C=O) groups is 2. The minimum atomic E-state index is -0.554. The van der Waals surface area contributed by atoms with E-state index in [9.17, 15) is 9.59 Å². The molecule has 0 aliphatic heterocycles. The summed E-state index contributed by atoms with van der Waals surface area (Å²) >= 11 is 0. The second-order valence-electron chi connectivity index (χ2n) is 15.8. The highest BCUT2D eigenvalue weighted by Crippen LogP contribution is 2.76. The predicted molar refractivity (Wildman–Crippen MR) is 145 cm³/mol. The highest BCUT2D eigenvalue weighted by Gasteiger charge is 2.71. The third-order valence-electron chi connectivity index (χ3n) is 13.4. The fourth-order valence-corrected chi connectivity index (χ4v) is 11.3. The molecule has 8 atom stereocenters. The summed E-state index contributed by atoms with van der Waals surface area (Å²) in [6.07, 6.45) is 13.4. The van der Waals surface area contributed by atoms with Crippen LogP contribution in [0.1, 0.15) is 120 Å². The summed E-state index contributed by atoms with van der Waals surface area (Å²) in [4.78, 5) is 31.4. The van der Waals surface area contributed by atoms with Gasteiger partial charge in [0, 0.05) is 17.8 Å². The lowest BCUT2D eigenvalue weighted by molar-refractivity contribution is -0.223. The second kappa shape index (κ2) is 7.80. The van der Waals surface area contributed by atoms with Crippen LogP contribution < -0.4 is 0 Å². The van der Waals surface area contributed by atoms with E-state index in [4.69, 9.17) is 6.57 Å². The van der Waals surface area contributed by atoms with Gasteiger partial charge in [0.25, 0.3) is 0 Å². The van der Waals surface area contributed by atoms with Gasteiger partial charge >= 0.3 is 0 Å². The maximum absolute atomic E-state index is 14.5. The van der Waals surface area contributed by atoms with Crippen molar-refractivity contribution in [1.29, 1.82) is 0 Å². The van der Waals surface area contributed by atoms with Crippen molar-refractivity contribution in [3.05, 3.63) is 23.2 Å². The van der Waals surface area contributed by atoms with E-state index in [0.717, 1.165) is 19.3 Å². The predicted octanol–water partition coefficient (Wildman–Crippen LogP) is 8.44. The van der Waals surface area contributed by atoms with Gasteiger partial charge in [0.2, 0.25) is 5.70 Å². The molecule has 0 unspecified atom stereocenters. The van der Waals surface area contributed by atoms with Gasteiger partial charge in [0.1, 0.15) is 5.78 Å². The number of hydrogen-bond acceptors (Lipinski definition) is 2. The zero-order chi connectivity index (χ0) is 26.5. The summed E-state index contributed by atoms with van der Waals surface area (Å²) in [6, 6.07) is 0. The van der Waals surface area contributed by atoms with E-state index in [2.05, 4.69) is 60.2 Å². The van der Waals surface area contributed by atoms with E-state index in [0.29, 0.717) is 34.6 Å². The van der Waals surface area contributed by atoms with Crippen LogP contribution in [0.5, 0.6) is 0 Å². The van der Waals surface area contributed by atoms with Crippen LogP contribution in [0.15, 0.2) is 11.8 Å². The van der Waals surface area contributed by atoms with Crippen molar-refractivity contribution in [2.75, 3.05) is 0 Å². The maximum atomic E-state index is 14.5. The average molecular weight is 492 g/mol. The third-order valence-corrected chi connectivity index (χ3v) is 13.4. The van der Waals surface area contributed by atoms with Crippen LogP contribution in [-0.4, -0.2) is 11.6 Å². The van der Waals surface area contributed by atoms with Crippen molar-refractivity contribution in [2.24, 2.45) is 56.2 Å². The van der Waals surface area contributed by atoms with Gasteiger partial charge in [-0.25, -0.2) is 4.85 Å². The molecule has 36 heavy (non-hydrogen) atoms. The van der Waals surface area contributed by atoms with Gasteiger partial charge in [-0.1, -0.05) is 67.9 Å². The molecule has 0 aromatic carbocycles. The summed E-state index contributed by atoms with van der Waals surface area (Å²) < 4.78 is 0. The monoisotopic (exact) mass is 491 g/mol. The number of nitrogens with zero attached hydrogens (tertiary/aromatic N) is 1. The SMILES string of the molecule is [C-]#[N+]C1=C[C@]2(C)[C@H]3CC(=O)[C@@H]4[C@@H]5CC(C)(C)CC[C@]5(CCC)CC[C@@]4(C)[C@]3(C)CC[C@H]2C(C)(C)C1=O. The van der Waals surface area contributed by atoms with Gasteiger partial charge < -0.3 is 4.79 Å². The zero-order valence-corrected chi connectivity index (χ0v) is 24.2. The van der Waals surface area contributed by atoms with Crippen molar-refractivity contribution in [3.63, 3.8) is 0 Å². The molecule has 198 valence electrons. The Balaban J connectivity index is 1.63. The molecule has 4 fully saturated rings. The van der Waals surface area contributed by atoms with E-state index in [-0.39, 0.29) is 39.8 Å². The molecular formula is C33H49NO2. The van der Waals surface area contributed by atoms with E-state index in [1.807, 2.05) is 6.08 Å². The van der Waals surface area contributed by atoms with Crippen LogP contribution in [-0.2, 0) is 9.59 Å². The fraction of sp³-hybridized carbons (Fsp3) is 0.848. The van der Waals surface area contributed by atoms with Crippen molar-refractivity contribution in [1.82, 2.24) is 0 Å². The normalized spacial score (nSPS) is 49.0. The molecule has 0 saturated heterocycles. The molecule has 0 bridgehead atoms. The smallest absolute Gasteiger partial charge is 0.226 e. The van der Waals surface area contributed by atoms with E-state index in [1.165, 1.54) is 38.5 Å². The highest BCUT2D eigenvalue weighted by atomic mass is 16.1. The first-order chi connectivity index (χ1) is 16.6. The Bertz CT molecular complexity index is 1060. The molecule has 0 amide bonds. The Morgan fingerprint density at radius 1 is 0.917 bits per heavy atom. The summed E-state index contributed by atoms with van der Waals surface area (Å²) in [6.45, 7) is 26.4. The minimum Gasteiger partial charge on any atom is -0.307 e. The van der Waals surface area contributed by atoms with E-state index < -0.39 is 5.41 Å². The Morgan fingerprint density at radius 3 is 2.22 bits per heavy atom. The molecule has 4 saturated carbocycles. The Kier molecular flexibility index (Phi) is 5.67. The van der Waals surface area contributed by atoms with Crippen LogP contribution in [0.3, 0.4) is 0 Å². The largest absolute Gasteiger partial charge is 0.307 e. The molecule has 0 heterocycles. The number of Topliss-reactive ketones (excluding diaryl/α,β-unsaturated/α-hetero) is 2. The molecule has 0 aromatic rings. The van der Waals surface area contributed by atoms with Crippen molar-refractivity contribution < 1.29 is 9.59 Å². The molecule has 0 radical (unpaired) electrons. The molecule has 3 heteroatoms. The van der Waals surface area contributed by atoms with Crippen molar-refractivity contribution in [3.8, 4) is 0 Å². The van der Waals surface area contributed by atoms with Gasteiger partial charge in [-0.15, -0.1) is 0 Å². The Labute approximate surface area is 220 Å². The Hall–Kier alpha value is -1.43. The number of allylic oxidation sites excluding steroid dienone is 2.